The second-order valence-electron chi connectivity index (χ2n) is 5.67. The number of halogens is 1. The molecule has 2 unspecified atom stereocenters. The predicted molar refractivity (Wildman–Crippen MR) is 88.6 cm³/mol. The molecule has 0 heterocycles. The highest BCUT2D eigenvalue weighted by Crippen LogP contribution is 2.31. The van der Waals surface area contributed by atoms with Gasteiger partial charge in [0.15, 0.2) is 11.5 Å². The van der Waals surface area contributed by atoms with Gasteiger partial charge in [0.25, 0.3) is 0 Å². The first-order valence-electron chi connectivity index (χ1n) is 8.47. The van der Waals surface area contributed by atoms with Gasteiger partial charge < -0.3 is 19.7 Å². The summed E-state index contributed by atoms with van der Waals surface area (Å²) in [5, 5.41) is 19.4. The van der Waals surface area contributed by atoms with Crippen LogP contribution in [0.4, 0.5) is 4.39 Å². The monoisotopic (exact) mass is 328 g/mol. The van der Waals surface area contributed by atoms with Crippen molar-refractivity contribution in [1.82, 2.24) is 0 Å². The number of benzene rings is 1. The van der Waals surface area contributed by atoms with E-state index in [4.69, 9.17) is 9.47 Å². The maximum absolute atomic E-state index is 14.2. The van der Waals surface area contributed by atoms with E-state index in [9.17, 15) is 14.6 Å². The molecule has 0 aliphatic carbocycles. The number of rotatable bonds is 11. The van der Waals surface area contributed by atoms with Gasteiger partial charge >= 0.3 is 0 Å². The van der Waals surface area contributed by atoms with E-state index in [-0.39, 0.29) is 5.82 Å². The Morgan fingerprint density at radius 3 is 2.04 bits per heavy atom. The SMILES string of the molecule is CCCOc1cc(F)c(CCC(O)C(O)CC)cc1OCCC. The third-order valence-corrected chi connectivity index (χ3v) is 3.61. The summed E-state index contributed by atoms with van der Waals surface area (Å²) in [6.45, 7) is 6.82. The summed E-state index contributed by atoms with van der Waals surface area (Å²) in [4.78, 5) is 0. The average Bonchev–Trinajstić information content (AvgIpc) is 2.56. The van der Waals surface area contributed by atoms with Crippen molar-refractivity contribution in [3.8, 4) is 11.5 Å². The van der Waals surface area contributed by atoms with Crippen LogP contribution in [0.2, 0.25) is 0 Å². The van der Waals surface area contributed by atoms with E-state index in [0.717, 1.165) is 12.8 Å². The lowest BCUT2D eigenvalue weighted by Gasteiger charge is -2.17. The molecule has 1 aromatic rings. The summed E-state index contributed by atoms with van der Waals surface area (Å²) >= 11 is 0. The molecule has 2 atom stereocenters. The van der Waals surface area contributed by atoms with Crippen molar-refractivity contribution in [2.45, 2.75) is 65.1 Å². The Hall–Kier alpha value is -1.33. The van der Waals surface area contributed by atoms with E-state index < -0.39 is 12.2 Å². The lowest BCUT2D eigenvalue weighted by Crippen LogP contribution is -2.25. The summed E-state index contributed by atoms with van der Waals surface area (Å²) in [7, 11) is 0. The molecule has 2 N–H and O–H groups in total. The zero-order valence-electron chi connectivity index (χ0n) is 14.3. The van der Waals surface area contributed by atoms with Crippen LogP contribution in [0.3, 0.4) is 0 Å². The molecule has 5 heteroatoms. The zero-order chi connectivity index (χ0) is 17.2. The summed E-state index contributed by atoms with van der Waals surface area (Å²) in [6.07, 6.45) is 1.16. The molecule has 1 aromatic carbocycles. The Morgan fingerprint density at radius 2 is 1.52 bits per heavy atom. The first-order valence-corrected chi connectivity index (χ1v) is 8.47. The normalized spacial score (nSPS) is 13.7. The molecule has 0 amide bonds. The van der Waals surface area contributed by atoms with Crippen LogP contribution in [0.15, 0.2) is 12.1 Å². The minimum absolute atomic E-state index is 0.300. The summed E-state index contributed by atoms with van der Waals surface area (Å²) in [5.74, 6) is 0.566. The van der Waals surface area contributed by atoms with E-state index in [1.54, 1.807) is 13.0 Å². The molecular weight excluding hydrogens is 299 g/mol. The third kappa shape index (κ3) is 6.36. The van der Waals surface area contributed by atoms with Crippen LogP contribution >= 0.6 is 0 Å². The van der Waals surface area contributed by atoms with Gasteiger partial charge in [0, 0.05) is 6.07 Å². The fraction of sp³-hybridized carbons (Fsp3) is 0.667. The quantitative estimate of drug-likeness (QED) is 0.653. The van der Waals surface area contributed by atoms with Crippen LogP contribution < -0.4 is 9.47 Å². The first kappa shape index (κ1) is 19.7. The molecule has 0 saturated heterocycles. The second kappa shape index (κ2) is 10.4. The summed E-state index contributed by atoms with van der Waals surface area (Å²) in [5.41, 5.74) is 0.460. The number of aliphatic hydroxyl groups is 2. The molecular formula is C18H29FO4. The molecule has 132 valence electrons. The van der Waals surface area contributed by atoms with E-state index in [2.05, 4.69) is 0 Å². The number of aliphatic hydroxyl groups excluding tert-OH is 2. The second-order valence-corrected chi connectivity index (χ2v) is 5.67. The van der Waals surface area contributed by atoms with E-state index in [1.165, 1.54) is 6.07 Å². The molecule has 1 rings (SSSR count). The highest BCUT2D eigenvalue weighted by Gasteiger charge is 2.17. The van der Waals surface area contributed by atoms with Gasteiger partial charge in [0.1, 0.15) is 5.82 Å². The molecule has 0 saturated carbocycles. The molecule has 0 radical (unpaired) electrons. The summed E-state index contributed by atoms with van der Waals surface area (Å²) < 4.78 is 25.4. The standard InChI is InChI=1S/C18H29FO4/c1-4-9-22-17-11-13(7-8-16(21)15(20)6-3)14(19)12-18(17)23-10-5-2/h11-12,15-16,20-21H,4-10H2,1-3H3. The Morgan fingerprint density at radius 1 is 0.957 bits per heavy atom. The third-order valence-electron chi connectivity index (χ3n) is 3.61. The van der Waals surface area contributed by atoms with E-state index in [1.807, 2.05) is 13.8 Å². The van der Waals surface area contributed by atoms with Gasteiger partial charge in [-0.1, -0.05) is 20.8 Å². The van der Waals surface area contributed by atoms with Crippen LogP contribution in [0.1, 0.15) is 52.0 Å². The Balaban J connectivity index is 2.86. The van der Waals surface area contributed by atoms with Crippen molar-refractivity contribution in [2.75, 3.05) is 13.2 Å². The largest absolute Gasteiger partial charge is 0.490 e. The van der Waals surface area contributed by atoms with Crippen molar-refractivity contribution in [1.29, 1.82) is 0 Å². The smallest absolute Gasteiger partial charge is 0.164 e. The van der Waals surface area contributed by atoms with Gasteiger partial charge in [-0.15, -0.1) is 0 Å². The van der Waals surface area contributed by atoms with Crippen molar-refractivity contribution >= 4 is 0 Å². The van der Waals surface area contributed by atoms with Crippen LogP contribution in [0.5, 0.6) is 11.5 Å². The number of aryl methyl sites for hydroxylation is 1. The Labute approximate surface area is 138 Å². The number of hydrogen-bond donors (Lipinski definition) is 2. The Bertz CT molecular complexity index is 465. The topological polar surface area (TPSA) is 58.9 Å². The first-order chi connectivity index (χ1) is 11.0. The van der Waals surface area contributed by atoms with Crippen LogP contribution in [0.25, 0.3) is 0 Å². The van der Waals surface area contributed by atoms with E-state index in [0.29, 0.717) is 49.5 Å². The zero-order valence-corrected chi connectivity index (χ0v) is 14.3. The van der Waals surface area contributed by atoms with Crippen LogP contribution in [-0.4, -0.2) is 35.6 Å². The molecule has 0 fully saturated rings. The van der Waals surface area contributed by atoms with E-state index >= 15 is 0 Å². The van der Waals surface area contributed by atoms with Gasteiger partial charge in [0.05, 0.1) is 25.4 Å². The lowest BCUT2D eigenvalue weighted by atomic mass is 10.0. The fourth-order valence-electron chi connectivity index (χ4n) is 2.19. The van der Waals surface area contributed by atoms with Crippen molar-refractivity contribution in [2.24, 2.45) is 0 Å². The minimum Gasteiger partial charge on any atom is -0.490 e. The highest BCUT2D eigenvalue weighted by molar-refractivity contribution is 5.44. The van der Waals surface area contributed by atoms with Crippen LogP contribution in [-0.2, 0) is 6.42 Å². The van der Waals surface area contributed by atoms with Crippen LogP contribution in [0, 0.1) is 5.82 Å². The summed E-state index contributed by atoms with van der Waals surface area (Å²) in [6, 6.07) is 2.99. The molecule has 4 nitrogen and oxygen atoms in total. The maximum atomic E-state index is 14.2. The van der Waals surface area contributed by atoms with Gasteiger partial charge in [-0.3, -0.25) is 0 Å². The average molecular weight is 328 g/mol. The number of hydrogen-bond acceptors (Lipinski definition) is 4. The van der Waals surface area contributed by atoms with Gasteiger partial charge in [-0.25, -0.2) is 4.39 Å². The maximum Gasteiger partial charge on any atom is 0.164 e. The molecule has 23 heavy (non-hydrogen) atoms. The molecule has 0 aliphatic rings. The molecule has 0 bridgehead atoms. The fourth-order valence-corrected chi connectivity index (χ4v) is 2.19. The Kier molecular flexibility index (Phi) is 8.95. The van der Waals surface area contributed by atoms with Gasteiger partial charge in [0.2, 0.25) is 0 Å². The molecule has 0 aromatic heterocycles. The highest BCUT2D eigenvalue weighted by atomic mass is 19.1. The predicted octanol–water partition coefficient (Wildman–Crippen LogP) is 3.47. The van der Waals surface area contributed by atoms with Gasteiger partial charge in [-0.05, 0) is 43.7 Å². The number of ether oxygens (including phenoxy) is 2. The lowest BCUT2D eigenvalue weighted by molar-refractivity contribution is 0.0129. The minimum atomic E-state index is -0.851. The van der Waals surface area contributed by atoms with Crippen molar-refractivity contribution in [3.63, 3.8) is 0 Å². The molecule has 0 aliphatic heterocycles. The van der Waals surface area contributed by atoms with Crippen molar-refractivity contribution < 1.29 is 24.1 Å². The van der Waals surface area contributed by atoms with Crippen molar-refractivity contribution in [3.05, 3.63) is 23.5 Å². The molecule has 0 spiro atoms. The van der Waals surface area contributed by atoms with Gasteiger partial charge in [-0.2, -0.15) is 0 Å².